The number of carbonyl (C=O) groups is 2. The molecule has 0 saturated heterocycles. The minimum absolute atomic E-state index is 0. The first-order valence-electron chi connectivity index (χ1n) is 9.16. The van der Waals surface area contributed by atoms with E-state index in [0.717, 1.165) is 30.9 Å². The highest BCUT2D eigenvalue weighted by Crippen LogP contribution is 2.11. The standard InChI is InChI=1S/C19H31N5O2.HI/c1-5-20-19(21-12-11-18(26)24(6-2)7-3)22-14-16-9-8-10-17(13-16)23-15(4)25;/h8-10,13H,5-7,11-12,14H2,1-4H3,(H,23,25)(H2,20,21,22);1H. The minimum atomic E-state index is -0.0986. The van der Waals surface area contributed by atoms with Gasteiger partial charge in [-0.25, -0.2) is 4.99 Å². The van der Waals surface area contributed by atoms with Crippen molar-refractivity contribution in [3.8, 4) is 0 Å². The molecule has 0 heterocycles. The van der Waals surface area contributed by atoms with E-state index in [4.69, 9.17) is 0 Å². The fourth-order valence-corrected chi connectivity index (χ4v) is 2.49. The van der Waals surface area contributed by atoms with E-state index in [1.165, 1.54) is 6.92 Å². The second kappa shape index (κ2) is 14.2. The van der Waals surface area contributed by atoms with Crippen LogP contribution >= 0.6 is 24.0 Å². The normalized spacial score (nSPS) is 10.6. The number of anilines is 1. The van der Waals surface area contributed by atoms with Gasteiger partial charge in [-0.05, 0) is 38.5 Å². The number of halogens is 1. The van der Waals surface area contributed by atoms with Crippen LogP contribution in [0.3, 0.4) is 0 Å². The van der Waals surface area contributed by atoms with Crippen molar-refractivity contribution < 1.29 is 9.59 Å². The number of aliphatic imine (C=N–C) groups is 1. The molecule has 0 radical (unpaired) electrons. The first kappa shape index (κ1) is 25.2. The van der Waals surface area contributed by atoms with Gasteiger partial charge in [0.15, 0.2) is 5.96 Å². The molecule has 7 nitrogen and oxygen atoms in total. The molecule has 3 N–H and O–H groups in total. The second-order valence-corrected chi connectivity index (χ2v) is 5.82. The molecule has 0 aliphatic rings. The summed E-state index contributed by atoms with van der Waals surface area (Å²) in [7, 11) is 0. The lowest BCUT2D eigenvalue weighted by atomic mass is 10.2. The first-order chi connectivity index (χ1) is 12.5. The van der Waals surface area contributed by atoms with Gasteiger partial charge in [-0.1, -0.05) is 12.1 Å². The third-order valence-electron chi connectivity index (χ3n) is 3.76. The van der Waals surface area contributed by atoms with Crippen LogP contribution in [0.5, 0.6) is 0 Å². The quantitative estimate of drug-likeness (QED) is 0.283. The number of rotatable bonds is 9. The van der Waals surface area contributed by atoms with Crippen molar-refractivity contribution >= 4 is 47.4 Å². The maximum Gasteiger partial charge on any atom is 0.224 e. The Bertz CT molecular complexity index is 618. The molecule has 0 atom stereocenters. The SMILES string of the molecule is CCNC(=NCc1cccc(NC(C)=O)c1)NCCC(=O)N(CC)CC.I. The first-order valence-corrected chi connectivity index (χ1v) is 9.16. The molecule has 0 aliphatic carbocycles. The molecule has 0 bridgehead atoms. The highest BCUT2D eigenvalue weighted by molar-refractivity contribution is 14.0. The van der Waals surface area contributed by atoms with E-state index in [1.54, 1.807) is 0 Å². The second-order valence-electron chi connectivity index (χ2n) is 5.82. The van der Waals surface area contributed by atoms with Gasteiger partial charge in [0.25, 0.3) is 0 Å². The molecule has 0 saturated carbocycles. The van der Waals surface area contributed by atoms with E-state index in [-0.39, 0.29) is 35.8 Å². The average molecular weight is 489 g/mol. The van der Waals surface area contributed by atoms with Crippen LogP contribution in [0.15, 0.2) is 29.3 Å². The number of nitrogens with zero attached hydrogens (tertiary/aromatic N) is 2. The number of carbonyl (C=O) groups excluding carboxylic acids is 2. The minimum Gasteiger partial charge on any atom is -0.357 e. The van der Waals surface area contributed by atoms with Crippen LogP contribution in [0.2, 0.25) is 0 Å². The summed E-state index contributed by atoms with van der Waals surface area (Å²) in [5.41, 5.74) is 1.75. The Hall–Kier alpha value is -1.84. The molecule has 1 rings (SSSR count). The monoisotopic (exact) mass is 489 g/mol. The van der Waals surface area contributed by atoms with Gasteiger partial charge in [0.2, 0.25) is 11.8 Å². The van der Waals surface area contributed by atoms with E-state index >= 15 is 0 Å². The number of nitrogens with one attached hydrogen (secondary N) is 3. The summed E-state index contributed by atoms with van der Waals surface area (Å²) < 4.78 is 0. The van der Waals surface area contributed by atoms with Gasteiger partial charge < -0.3 is 20.9 Å². The molecular formula is C19H32IN5O2. The zero-order valence-electron chi connectivity index (χ0n) is 16.7. The molecule has 152 valence electrons. The van der Waals surface area contributed by atoms with Gasteiger partial charge in [0.1, 0.15) is 0 Å². The van der Waals surface area contributed by atoms with Crippen molar-refractivity contribution in [3.05, 3.63) is 29.8 Å². The summed E-state index contributed by atoms with van der Waals surface area (Å²) in [6.07, 6.45) is 0.435. The molecule has 1 aromatic carbocycles. The summed E-state index contributed by atoms with van der Waals surface area (Å²) in [6.45, 7) is 10.7. The molecule has 2 amide bonds. The summed E-state index contributed by atoms with van der Waals surface area (Å²) in [5, 5.41) is 9.13. The van der Waals surface area contributed by atoms with E-state index in [0.29, 0.717) is 25.5 Å². The Labute approximate surface area is 179 Å². The Morgan fingerprint density at radius 1 is 1.11 bits per heavy atom. The lowest BCUT2D eigenvalue weighted by Gasteiger charge is -2.19. The van der Waals surface area contributed by atoms with Crippen molar-refractivity contribution in [2.75, 3.05) is 31.5 Å². The molecule has 0 aromatic heterocycles. The van der Waals surface area contributed by atoms with Gasteiger partial charge in [-0.2, -0.15) is 0 Å². The lowest BCUT2D eigenvalue weighted by molar-refractivity contribution is -0.130. The smallest absolute Gasteiger partial charge is 0.224 e. The van der Waals surface area contributed by atoms with Crippen LogP contribution < -0.4 is 16.0 Å². The van der Waals surface area contributed by atoms with E-state index < -0.39 is 0 Å². The topological polar surface area (TPSA) is 85.8 Å². The maximum atomic E-state index is 12.0. The van der Waals surface area contributed by atoms with Crippen LogP contribution in [0.1, 0.15) is 39.7 Å². The number of amides is 2. The fourth-order valence-electron chi connectivity index (χ4n) is 2.49. The molecule has 0 spiro atoms. The predicted molar refractivity (Wildman–Crippen MR) is 122 cm³/mol. The number of hydrogen-bond donors (Lipinski definition) is 3. The fraction of sp³-hybridized carbons (Fsp3) is 0.526. The molecule has 0 fully saturated rings. The van der Waals surface area contributed by atoms with Crippen LogP contribution in [0.25, 0.3) is 0 Å². The van der Waals surface area contributed by atoms with Crippen molar-refractivity contribution in [1.29, 1.82) is 0 Å². The average Bonchev–Trinajstić information content (AvgIpc) is 2.60. The molecule has 8 heteroatoms. The molecule has 1 aromatic rings. The lowest BCUT2D eigenvalue weighted by Crippen LogP contribution is -2.40. The van der Waals surface area contributed by atoms with Crippen LogP contribution in [0, 0.1) is 0 Å². The Morgan fingerprint density at radius 2 is 1.81 bits per heavy atom. The van der Waals surface area contributed by atoms with Crippen LogP contribution in [-0.4, -0.2) is 48.9 Å². The largest absolute Gasteiger partial charge is 0.357 e. The Kier molecular flexibility index (Phi) is 13.3. The molecule has 27 heavy (non-hydrogen) atoms. The Morgan fingerprint density at radius 3 is 2.41 bits per heavy atom. The third kappa shape index (κ3) is 10.2. The van der Waals surface area contributed by atoms with Gasteiger partial charge in [-0.15, -0.1) is 24.0 Å². The summed E-state index contributed by atoms with van der Waals surface area (Å²) in [4.78, 5) is 29.6. The van der Waals surface area contributed by atoms with Gasteiger partial charge >= 0.3 is 0 Å². The van der Waals surface area contributed by atoms with E-state index in [9.17, 15) is 9.59 Å². The van der Waals surface area contributed by atoms with E-state index in [2.05, 4.69) is 20.9 Å². The summed E-state index contributed by atoms with van der Waals surface area (Å²) in [6, 6.07) is 7.59. The third-order valence-corrected chi connectivity index (χ3v) is 3.76. The zero-order valence-corrected chi connectivity index (χ0v) is 19.0. The van der Waals surface area contributed by atoms with Crippen LogP contribution in [0.4, 0.5) is 5.69 Å². The Balaban J connectivity index is 0.00000676. The number of guanidine groups is 1. The zero-order chi connectivity index (χ0) is 19.4. The van der Waals surface area contributed by atoms with Crippen molar-refractivity contribution in [1.82, 2.24) is 15.5 Å². The molecule has 0 unspecified atom stereocenters. The summed E-state index contributed by atoms with van der Waals surface area (Å²) in [5.74, 6) is 0.713. The molecule has 0 aliphatic heterocycles. The van der Waals surface area contributed by atoms with Gasteiger partial charge in [0.05, 0.1) is 6.54 Å². The van der Waals surface area contributed by atoms with Crippen molar-refractivity contribution in [2.45, 2.75) is 40.7 Å². The molecular weight excluding hydrogens is 457 g/mol. The van der Waals surface area contributed by atoms with Gasteiger partial charge in [-0.3, -0.25) is 9.59 Å². The highest BCUT2D eigenvalue weighted by Gasteiger charge is 2.09. The van der Waals surface area contributed by atoms with Crippen molar-refractivity contribution in [3.63, 3.8) is 0 Å². The summed E-state index contributed by atoms with van der Waals surface area (Å²) >= 11 is 0. The van der Waals surface area contributed by atoms with Gasteiger partial charge in [0, 0.05) is 45.2 Å². The van der Waals surface area contributed by atoms with Crippen molar-refractivity contribution in [2.24, 2.45) is 4.99 Å². The predicted octanol–water partition coefficient (Wildman–Crippen LogP) is 2.58. The van der Waals surface area contributed by atoms with Crippen LogP contribution in [-0.2, 0) is 16.1 Å². The van der Waals surface area contributed by atoms with E-state index in [1.807, 2.05) is 49.9 Å². The highest BCUT2D eigenvalue weighted by atomic mass is 127. The maximum absolute atomic E-state index is 12.0. The number of hydrogen-bond acceptors (Lipinski definition) is 3. The number of benzene rings is 1.